The van der Waals surface area contributed by atoms with E-state index in [9.17, 15) is 0 Å². The Morgan fingerprint density at radius 2 is 1.56 bits per heavy atom. The summed E-state index contributed by atoms with van der Waals surface area (Å²) in [5.41, 5.74) is 4.13. The van der Waals surface area contributed by atoms with Crippen molar-refractivity contribution in [2.24, 2.45) is 0 Å². The zero-order valence-corrected chi connectivity index (χ0v) is 10.6. The summed E-state index contributed by atoms with van der Waals surface area (Å²) in [6, 6.07) is 17.0. The van der Waals surface area contributed by atoms with Gasteiger partial charge >= 0.3 is 0 Å². The fourth-order valence-electron chi connectivity index (χ4n) is 2.44. The zero-order valence-electron chi connectivity index (χ0n) is 10.6. The van der Waals surface area contributed by atoms with Crippen LogP contribution in [0.25, 0.3) is 0 Å². The van der Waals surface area contributed by atoms with Gasteiger partial charge in [0.1, 0.15) is 5.75 Å². The average molecular weight is 239 g/mol. The molecule has 0 fully saturated rings. The lowest BCUT2D eigenvalue weighted by atomic mass is 10.1. The Kier molecular flexibility index (Phi) is 2.93. The van der Waals surface area contributed by atoms with Gasteiger partial charge in [0.15, 0.2) is 0 Å². The standard InChI is InChI=1S/C16H17NO/c1-2-18-16-9-7-15(8-10-16)17-11-13-5-3-4-6-14(13)12-17/h3-10H,2,11-12H2,1H3. The van der Waals surface area contributed by atoms with Crippen LogP contribution in [-0.4, -0.2) is 6.61 Å². The van der Waals surface area contributed by atoms with Crippen molar-refractivity contribution in [3.05, 3.63) is 59.7 Å². The lowest BCUT2D eigenvalue weighted by Gasteiger charge is -2.18. The highest BCUT2D eigenvalue weighted by Gasteiger charge is 2.18. The average Bonchev–Trinajstić information content (AvgIpc) is 2.84. The highest BCUT2D eigenvalue weighted by atomic mass is 16.5. The van der Waals surface area contributed by atoms with E-state index < -0.39 is 0 Å². The maximum Gasteiger partial charge on any atom is 0.119 e. The molecule has 2 nitrogen and oxygen atoms in total. The molecule has 0 N–H and O–H groups in total. The van der Waals surface area contributed by atoms with Crippen molar-refractivity contribution < 1.29 is 4.74 Å². The molecule has 3 rings (SSSR count). The molecular formula is C16H17NO. The molecule has 0 amide bonds. The number of nitrogens with zero attached hydrogens (tertiary/aromatic N) is 1. The van der Waals surface area contributed by atoms with Crippen LogP contribution < -0.4 is 9.64 Å². The van der Waals surface area contributed by atoms with E-state index in [1.165, 1.54) is 16.8 Å². The summed E-state index contributed by atoms with van der Waals surface area (Å²) >= 11 is 0. The summed E-state index contributed by atoms with van der Waals surface area (Å²) in [4.78, 5) is 2.39. The second-order valence-corrected chi connectivity index (χ2v) is 4.55. The molecule has 0 saturated carbocycles. The van der Waals surface area contributed by atoms with Crippen molar-refractivity contribution in [3.8, 4) is 5.75 Å². The van der Waals surface area contributed by atoms with Gasteiger partial charge < -0.3 is 9.64 Å². The molecule has 0 bridgehead atoms. The number of anilines is 1. The van der Waals surface area contributed by atoms with Gasteiger partial charge in [0, 0.05) is 18.8 Å². The van der Waals surface area contributed by atoms with Gasteiger partial charge in [0.2, 0.25) is 0 Å². The van der Waals surface area contributed by atoms with Crippen molar-refractivity contribution in [2.75, 3.05) is 11.5 Å². The molecule has 0 radical (unpaired) electrons. The molecule has 1 heterocycles. The first-order valence-electron chi connectivity index (χ1n) is 6.41. The van der Waals surface area contributed by atoms with Gasteiger partial charge in [-0.15, -0.1) is 0 Å². The van der Waals surface area contributed by atoms with Gasteiger partial charge in [-0.25, -0.2) is 0 Å². The Hall–Kier alpha value is -1.96. The van der Waals surface area contributed by atoms with Gasteiger partial charge in [-0.2, -0.15) is 0 Å². The Labute approximate surface area is 108 Å². The minimum absolute atomic E-state index is 0.717. The first-order chi connectivity index (χ1) is 8.86. The van der Waals surface area contributed by atoms with Crippen molar-refractivity contribution >= 4 is 5.69 Å². The topological polar surface area (TPSA) is 12.5 Å². The predicted octanol–water partition coefficient (Wildman–Crippen LogP) is 3.61. The van der Waals surface area contributed by atoms with E-state index in [0.717, 1.165) is 18.8 Å². The van der Waals surface area contributed by atoms with Crippen LogP contribution in [0.1, 0.15) is 18.1 Å². The fraction of sp³-hybridized carbons (Fsp3) is 0.250. The van der Waals surface area contributed by atoms with Crippen LogP contribution in [0.3, 0.4) is 0 Å². The molecule has 1 aliphatic heterocycles. The van der Waals surface area contributed by atoms with Gasteiger partial charge in [-0.1, -0.05) is 24.3 Å². The van der Waals surface area contributed by atoms with Crippen LogP contribution in [0.2, 0.25) is 0 Å². The molecule has 2 aromatic carbocycles. The number of hydrogen-bond donors (Lipinski definition) is 0. The highest BCUT2D eigenvalue weighted by molar-refractivity contribution is 5.53. The van der Waals surface area contributed by atoms with Crippen LogP contribution in [0.4, 0.5) is 5.69 Å². The summed E-state index contributed by atoms with van der Waals surface area (Å²) in [7, 11) is 0. The third-order valence-electron chi connectivity index (χ3n) is 3.35. The molecule has 0 aromatic heterocycles. The molecule has 0 unspecified atom stereocenters. The Morgan fingerprint density at radius 3 is 2.11 bits per heavy atom. The Morgan fingerprint density at radius 1 is 0.944 bits per heavy atom. The zero-order chi connectivity index (χ0) is 12.4. The molecule has 1 aliphatic rings. The van der Waals surface area contributed by atoms with Crippen LogP contribution in [0.15, 0.2) is 48.5 Å². The van der Waals surface area contributed by atoms with Crippen LogP contribution in [-0.2, 0) is 13.1 Å². The van der Waals surface area contributed by atoms with Crippen molar-refractivity contribution in [1.82, 2.24) is 0 Å². The maximum atomic E-state index is 5.47. The van der Waals surface area contributed by atoms with Gasteiger partial charge in [0.25, 0.3) is 0 Å². The van der Waals surface area contributed by atoms with Crippen molar-refractivity contribution in [2.45, 2.75) is 20.0 Å². The molecule has 2 aromatic rings. The fourth-order valence-corrected chi connectivity index (χ4v) is 2.44. The minimum atomic E-state index is 0.717. The summed E-state index contributed by atoms with van der Waals surface area (Å²) < 4.78 is 5.47. The lowest BCUT2D eigenvalue weighted by molar-refractivity contribution is 0.340. The monoisotopic (exact) mass is 239 g/mol. The van der Waals surface area contributed by atoms with E-state index in [1.807, 2.05) is 19.1 Å². The summed E-state index contributed by atoms with van der Waals surface area (Å²) in [6.07, 6.45) is 0. The molecule has 2 heteroatoms. The third kappa shape index (κ3) is 2.06. The number of benzene rings is 2. The van der Waals surface area contributed by atoms with Crippen LogP contribution in [0, 0.1) is 0 Å². The van der Waals surface area contributed by atoms with Gasteiger partial charge in [-0.3, -0.25) is 0 Å². The molecule has 0 saturated heterocycles. The molecule has 0 spiro atoms. The Balaban J connectivity index is 1.78. The molecule has 18 heavy (non-hydrogen) atoms. The smallest absolute Gasteiger partial charge is 0.119 e. The van der Waals surface area contributed by atoms with E-state index in [-0.39, 0.29) is 0 Å². The molecule has 0 aliphatic carbocycles. The van der Waals surface area contributed by atoms with Crippen LogP contribution >= 0.6 is 0 Å². The largest absolute Gasteiger partial charge is 0.494 e. The molecule has 0 atom stereocenters. The lowest BCUT2D eigenvalue weighted by Crippen LogP contribution is -2.14. The first kappa shape index (κ1) is 11.1. The number of hydrogen-bond acceptors (Lipinski definition) is 2. The summed E-state index contributed by atoms with van der Waals surface area (Å²) in [6.45, 7) is 4.73. The second-order valence-electron chi connectivity index (χ2n) is 4.55. The molecule has 92 valence electrons. The summed E-state index contributed by atoms with van der Waals surface area (Å²) in [5, 5.41) is 0. The van der Waals surface area contributed by atoms with E-state index in [1.54, 1.807) is 0 Å². The van der Waals surface area contributed by atoms with Crippen molar-refractivity contribution in [3.63, 3.8) is 0 Å². The maximum absolute atomic E-state index is 5.47. The second kappa shape index (κ2) is 4.73. The first-order valence-corrected chi connectivity index (χ1v) is 6.41. The van der Waals surface area contributed by atoms with Crippen LogP contribution in [0.5, 0.6) is 5.75 Å². The quantitative estimate of drug-likeness (QED) is 0.811. The van der Waals surface area contributed by atoms with Gasteiger partial charge in [-0.05, 0) is 42.3 Å². The van der Waals surface area contributed by atoms with Crippen molar-refractivity contribution in [1.29, 1.82) is 0 Å². The normalized spacial score (nSPS) is 13.5. The van der Waals surface area contributed by atoms with E-state index in [4.69, 9.17) is 4.74 Å². The van der Waals surface area contributed by atoms with E-state index in [2.05, 4.69) is 41.3 Å². The van der Waals surface area contributed by atoms with Gasteiger partial charge in [0.05, 0.1) is 6.61 Å². The highest BCUT2D eigenvalue weighted by Crippen LogP contribution is 2.29. The number of ether oxygens (including phenoxy) is 1. The number of rotatable bonds is 3. The number of fused-ring (bicyclic) bond motifs is 1. The Bertz CT molecular complexity index is 508. The SMILES string of the molecule is CCOc1ccc(N2Cc3ccccc3C2)cc1. The van der Waals surface area contributed by atoms with E-state index >= 15 is 0 Å². The minimum Gasteiger partial charge on any atom is -0.494 e. The third-order valence-corrected chi connectivity index (χ3v) is 3.35. The molecular weight excluding hydrogens is 222 g/mol. The summed E-state index contributed by atoms with van der Waals surface area (Å²) in [5.74, 6) is 0.943. The predicted molar refractivity (Wildman–Crippen MR) is 73.9 cm³/mol. The van der Waals surface area contributed by atoms with E-state index in [0.29, 0.717) is 6.61 Å².